The van der Waals surface area contributed by atoms with Crippen LogP contribution in [0.4, 0.5) is 17.5 Å². The SMILES string of the molecule is CCCCC(C)Nc1nc(N)ncc1[N+](=O)[O-]. The zero-order chi connectivity index (χ0) is 12.8. The fourth-order valence-electron chi connectivity index (χ4n) is 1.44. The zero-order valence-corrected chi connectivity index (χ0v) is 10.0. The maximum atomic E-state index is 10.8. The van der Waals surface area contributed by atoms with Gasteiger partial charge in [-0.05, 0) is 13.3 Å². The lowest BCUT2D eigenvalue weighted by atomic mass is 10.1. The molecule has 0 amide bonds. The van der Waals surface area contributed by atoms with Crippen LogP contribution in [0.2, 0.25) is 0 Å². The lowest BCUT2D eigenvalue weighted by molar-refractivity contribution is -0.384. The van der Waals surface area contributed by atoms with Crippen molar-refractivity contribution in [1.82, 2.24) is 9.97 Å². The highest BCUT2D eigenvalue weighted by atomic mass is 16.6. The number of nitrogens with zero attached hydrogens (tertiary/aromatic N) is 3. The van der Waals surface area contributed by atoms with Crippen molar-refractivity contribution in [1.29, 1.82) is 0 Å². The van der Waals surface area contributed by atoms with Gasteiger partial charge in [-0.3, -0.25) is 10.1 Å². The second kappa shape index (κ2) is 5.97. The number of nitrogen functional groups attached to an aromatic ring is 1. The summed E-state index contributed by atoms with van der Waals surface area (Å²) >= 11 is 0. The van der Waals surface area contributed by atoms with E-state index < -0.39 is 4.92 Å². The first kappa shape index (κ1) is 13.1. The standard InChI is InChI=1S/C10H17N5O2/c1-3-4-5-7(2)13-9-8(15(16)17)6-12-10(11)14-9/h6-7H,3-5H2,1-2H3,(H3,11,12,13,14). The first-order valence-corrected chi connectivity index (χ1v) is 5.58. The summed E-state index contributed by atoms with van der Waals surface area (Å²) in [6.07, 6.45) is 4.19. The van der Waals surface area contributed by atoms with Crippen molar-refractivity contribution in [3.8, 4) is 0 Å². The van der Waals surface area contributed by atoms with Gasteiger partial charge < -0.3 is 11.1 Å². The summed E-state index contributed by atoms with van der Waals surface area (Å²) in [5, 5.41) is 13.8. The van der Waals surface area contributed by atoms with Crippen LogP contribution in [0.5, 0.6) is 0 Å². The molecule has 0 saturated carbocycles. The van der Waals surface area contributed by atoms with Gasteiger partial charge in [-0.2, -0.15) is 4.98 Å². The van der Waals surface area contributed by atoms with Gasteiger partial charge in [-0.1, -0.05) is 19.8 Å². The average Bonchev–Trinajstić information content (AvgIpc) is 2.26. The van der Waals surface area contributed by atoms with Crippen LogP contribution in [0.25, 0.3) is 0 Å². The van der Waals surface area contributed by atoms with Crippen LogP contribution in [-0.4, -0.2) is 20.9 Å². The molecule has 1 unspecified atom stereocenters. The number of unbranched alkanes of at least 4 members (excludes halogenated alkanes) is 1. The number of hydrogen-bond acceptors (Lipinski definition) is 6. The first-order chi connectivity index (χ1) is 8.04. The third-order valence-corrected chi connectivity index (χ3v) is 2.36. The smallest absolute Gasteiger partial charge is 0.329 e. The molecule has 0 spiro atoms. The van der Waals surface area contributed by atoms with E-state index in [-0.39, 0.29) is 23.5 Å². The van der Waals surface area contributed by atoms with Gasteiger partial charge in [-0.15, -0.1) is 0 Å². The Kier molecular flexibility index (Phi) is 4.62. The Morgan fingerprint density at radius 1 is 1.65 bits per heavy atom. The minimum Gasteiger partial charge on any atom is -0.368 e. The van der Waals surface area contributed by atoms with Gasteiger partial charge >= 0.3 is 5.69 Å². The van der Waals surface area contributed by atoms with Gasteiger partial charge in [0.2, 0.25) is 11.8 Å². The van der Waals surface area contributed by atoms with E-state index in [4.69, 9.17) is 5.73 Å². The van der Waals surface area contributed by atoms with Crippen LogP contribution in [0, 0.1) is 10.1 Å². The molecule has 1 atom stereocenters. The van der Waals surface area contributed by atoms with Crippen molar-refractivity contribution >= 4 is 17.5 Å². The Labute approximate surface area is 99.6 Å². The maximum absolute atomic E-state index is 10.8. The average molecular weight is 239 g/mol. The lowest BCUT2D eigenvalue weighted by Crippen LogP contribution is -2.17. The van der Waals surface area contributed by atoms with Crippen LogP contribution in [-0.2, 0) is 0 Å². The Bertz CT molecular complexity index is 396. The number of rotatable bonds is 6. The third kappa shape index (κ3) is 3.86. The Morgan fingerprint density at radius 3 is 2.94 bits per heavy atom. The number of nitrogens with two attached hydrogens (primary N) is 1. The molecule has 1 aromatic heterocycles. The molecule has 3 N–H and O–H groups in total. The van der Waals surface area contributed by atoms with Crippen molar-refractivity contribution in [3.05, 3.63) is 16.3 Å². The maximum Gasteiger partial charge on any atom is 0.329 e. The second-order valence-corrected chi connectivity index (χ2v) is 3.91. The number of nitrogens with one attached hydrogen (secondary N) is 1. The zero-order valence-electron chi connectivity index (χ0n) is 10.0. The molecule has 94 valence electrons. The van der Waals surface area contributed by atoms with Crippen molar-refractivity contribution < 1.29 is 4.92 Å². The topological polar surface area (TPSA) is 107 Å². The Hall–Kier alpha value is -1.92. The molecule has 1 heterocycles. The number of hydrogen-bond donors (Lipinski definition) is 2. The molecule has 0 aliphatic carbocycles. The second-order valence-electron chi connectivity index (χ2n) is 3.91. The highest BCUT2D eigenvalue weighted by Gasteiger charge is 2.17. The minimum absolute atomic E-state index is 0.0285. The van der Waals surface area contributed by atoms with Gasteiger partial charge in [-0.25, -0.2) is 4.98 Å². The molecular weight excluding hydrogens is 222 g/mol. The van der Waals surface area contributed by atoms with E-state index in [1.807, 2.05) is 6.92 Å². The molecule has 0 aliphatic heterocycles. The molecule has 7 heteroatoms. The van der Waals surface area contributed by atoms with Crippen LogP contribution >= 0.6 is 0 Å². The highest BCUT2D eigenvalue weighted by molar-refractivity contribution is 5.56. The van der Waals surface area contributed by atoms with Crippen LogP contribution < -0.4 is 11.1 Å². The fourth-order valence-corrected chi connectivity index (χ4v) is 1.44. The predicted octanol–water partition coefficient (Wildman–Crippen LogP) is 1.96. The minimum atomic E-state index is -0.520. The van der Waals surface area contributed by atoms with Gasteiger partial charge in [0.25, 0.3) is 0 Å². The molecule has 17 heavy (non-hydrogen) atoms. The molecular formula is C10H17N5O2. The lowest BCUT2D eigenvalue weighted by Gasteiger charge is -2.13. The summed E-state index contributed by atoms with van der Waals surface area (Å²) in [6, 6.07) is 0.114. The quantitative estimate of drug-likeness (QED) is 0.580. The van der Waals surface area contributed by atoms with Crippen molar-refractivity contribution in [3.63, 3.8) is 0 Å². The third-order valence-electron chi connectivity index (χ3n) is 2.36. The highest BCUT2D eigenvalue weighted by Crippen LogP contribution is 2.22. The molecule has 7 nitrogen and oxygen atoms in total. The fraction of sp³-hybridized carbons (Fsp3) is 0.600. The molecule has 0 saturated heterocycles. The molecule has 1 rings (SSSR count). The van der Waals surface area contributed by atoms with E-state index >= 15 is 0 Å². The van der Waals surface area contributed by atoms with Crippen LogP contribution in [0.1, 0.15) is 33.1 Å². The Balaban J connectivity index is 2.81. The van der Waals surface area contributed by atoms with E-state index in [0.29, 0.717) is 0 Å². The van der Waals surface area contributed by atoms with Crippen molar-refractivity contribution in [2.24, 2.45) is 0 Å². The predicted molar refractivity (Wildman–Crippen MR) is 65.7 cm³/mol. The molecule has 0 fully saturated rings. The summed E-state index contributed by atoms with van der Waals surface area (Å²) in [5.41, 5.74) is 5.27. The van der Waals surface area contributed by atoms with E-state index in [2.05, 4.69) is 22.2 Å². The summed E-state index contributed by atoms with van der Waals surface area (Å²) < 4.78 is 0. The van der Waals surface area contributed by atoms with Crippen LogP contribution in [0.15, 0.2) is 6.20 Å². The van der Waals surface area contributed by atoms with Crippen molar-refractivity contribution in [2.75, 3.05) is 11.1 Å². The first-order valence-electron chi connectivity index (χ1n) is 5.58. The molecule has 0 radical (unpaired) electrons. The van der Waals surface area contributed by atoms with E-state index in [0.717, 1.165) is 25.5 Å². The summed E-state index contributed by atoms with van der Waals surface area (Å²) in [7, 11) is 0. The number of aromatic nitrogens is 2. The van der Waals surface area contributed by atoms with Crippen molar-refractivity contribution in [2.45, 2.75) is 39.2 Å². The van der Waals surface area contributed by atoms with Gasteiger partial charge in [0.1, 0.15) is 6.20 Å². The van der Waals surface area contributed by atoms with Crippen LogP contribution in [0.3, 0.4) is 0 Å². The largest absolute Gasteiger partial charge is 0.368 e. The molecule has 1 aromatic rings. The number of nitro groups is 1. The number of anilines is 2. The molecule has 0 aromatic carbocycles. The van der Waals surface area contributed by atoms with Gasteiger partial charge in [0, 0.05) is 6.04 Å². The van der Waals surface area contributed by atoms with E-state index in [1.165, 1.54) is 0 Å². The van der Waals surface area contributed by atoms with E-state index in [9.17, 15) is 10.1 Å². The monoisotopic (exact) mass is 239 g/mol. The summed E-state index contributed by atoms with van der Waals surface area (Å²) in [6.45, 7) is 4.05. The van der Waals surface area contributed by atoms with Gasteiger partial charge in [0.05, 0.1) is 4.92 Å². The molecule has 0 aliphatic rings. The van der Waals surface area contributed by atoms with Gasteiger partial charge in [0.15, 0.2) is 0 Å². The summed E-state index contributed by atoms with van der Waals surface area (Å²) in [5.74, 6) is 0.215. The Morgan fingerprint density at radius 2 is 2.35 bits per heavy atom. The summed E-state index contributed by atoms with van der Waals surface area (Å²) in [4.78, 5) is 17.7. The van der Waals surface area contributed by atoms with E-state index in [1.54, 1.807) is 0 Å². The molecule has 0 bridgehead atoms. The normalized spacial score (nSPS) is 12.1.